The number of likely N-dealkylation sites (tertiary alicyclic amines) is 1. The van der Waals surface area contributed by atoms with Crippen LogP contribution in [0.5, 0.6) is 11.5 Å². The van der Waals surface area contributed by atoms with Crippen LogP contribution in [0.1, 0.15) is 30.1 Å². The number of aromatic nitrogens is 3. The van der Waals surface area contributed by atoms with Gasteiger partial charge in [0.25, 0.3) is 0 Å². The number of urea groups is 1. The fourth-order valence-electron chi connectivity index (χ4n) is 4.84. The molecule has 6 rings (SSSR count). The molecule has 1 fully saturated rings. The van der Waals surface area contributed by atoms with Crippen molar-refractivity contribution < 1.29 is 14.3 Å². The number of piperidine rings is 1. The first-order chi connectivity index (χ1) is 18.5. The van der Waals surface area contributed by atoms with E-state index in [9.17, 15) is 4.79 Å². The number of H-pyrrole nitrogens is 1. The van der Waals surface area contributed by atoms with E-state index in [1.54, 1.807) is 18.3 Å². The van der Waals surface area contributed by atoms with Crippen molar-refractivity contribution in [1.29, 1.82) is 0 Å². The van der Waals surface area contributed by atoms with Crippen LogP contribution in [0, 0.1) is 0 Å². The predicted molar refractivity (Wildman–Crippen MR) is 146 cm³/mol. The molecule has 2 aromatic heterocycles. The normalized spacial score (nSPS) is 15.1. The second-order valence-corrected chi connectivity index (χ2v) is 10.1. The Morgan fingerprint density at radius 3 is 2.68 bits per heavy atom. The number of imidazole rings is 1. The number of nitrogens with one attached hydrogen (secondary N) is 2. The van der Waals surface area contributed by atoms with E-state index in [4.69, 9.17) is 37.7 Å². The van der Waals surface area contributed by atoms with Crippen LogP contribution in [0.25, 0.3) is 22.6 Å². The zero-order valence-corrected chi connectivity index (χ0v) is 21.9. The van der Waals surface area contributed by atoms with Crippen LogP contribution in [0.3, 0.4) is 0 Å². The lowest BCUT2D eigenvalue weighted by Gasteiger charge is -2.31. The summed E-state index contributed by atoms with van der Waals surface area (Å²) in [6.45, 7) is 1.82. The number of amides is 2. The summed E-state index contributed by atoms with van der Waals surface area (Å²) in [6, 6.07) is 16.8. The van der Waals surface area contributed by atoms with Gasteiger partial charge in [-0.1, -0.05) is 35.3 Å². The van der Waals surface area contributed by atoms with Crippen molar-refractivity contribution >= 4 is 29.2 Å². The minimum absolute atomic E-state index is 0.107. The number of ether oxygens (including phenoxy) is 2. The second kappa shape index (κ2) is 10.6. The first kappa shape index (κ1) is 24.6. The van der Waals surface area contributed by atoms with Crippen molar-refractivity contribution in [2.75, 3.05) is 19.9 Å². The van der Waals surface area contributed by atoms with E-state index < -0.39 is 0 Å². The second-order valence-electron chi connectivity index (χ2n) is 9.28. The van der Waals surface area contributed by atoms with Gasteiger partial charge >= 0.3 is 6.03 Å². The van der Waals surface area contributed by atoms with Gasteiger partial charge in [-0.25, -0.2) is 9.78 Å². The van der Waals surface area contributed by atoms with Crippen LogP contribution < -0.4 is 14.8 Å². The molecule has 2 aliphatic rings. The largest absolute Gasteiger partial charge is 0.454 e. The zero-order valence-electron chi connectivity index (χ0n) is 20.4. The number of aromatic amines is 1. The van der Waals surface area contributed by atoms with Gasteiger partial charge in [-0.2, -0.15) is 0 Å². The standard InChI is InChI=1S/C28H25Cl2N5O3/c29-20-6-4-19(21(30)14-20)15-32-28(36)35-11-8-17(9-12-35)27-33-25(26(34-27)22-3-1-2-10-31-22)18-5-7-23-24(13-18)38-16-37-23/h1-7,10,13-14,17H,8-9,11-12,15-16H2,(H,32,36)(H,33,34). The lowest BCUT2D eigenvalue weighted by Crippen LogP contribution is -2.44. The molecule has 4 aromatic rings. The fourth-order valence-corrected chi connectivity index (χ4v) is 5.31. The van der Waals surface area contributed by atoms with Crippen LogP contribution >= 0.6 is 23.2 Å². The number of hydrogen-bond acceptors (Lipinski definition) is 5. The van der Waals surface area contributed by atoms with Crippen LogP contribution in [0.2, 0.25) is 10.0 Å². The van der Waals surface area contributed by atoms with E-state index in [1.807, 2.05) is 47.4 Å². The highest BCUT2D eigenvalue weighted by Crippen LogP contribution is 2.39. The molecular formula is C28H25Cl2N5O3. The van der Waals surface area contributed by atoms with Crippen molar-refractivity contribution in [2.45, 2.75) is 25.3 Å². The molecular weight excluding hydrogens is 525 g/mol. The summed E-state index contributed by atoms with van der Waals surface area (Å²) >= 11 is 12.2. The number of nitrogens with zero attached hydrogens (tertiary/aromatic N) is 3. The molecule has 2 N–H and O–H groups in total. The maximum atomic E-state index is 12.8. The average Bonchev–Trinajstić information content (AvgIpc) is 3.60. The lowest BCUT2D eigenvalue weighted by atomic mass is 9.96. The molecule has 0 radical (unpaired) electrons. The van der Waals surface area contributed by atoms with Crippen LogP contribution in [-0.2, 0) is 6.54 Å². The monoisotopic (exact) mass is 549 g/mol. The Balaban J connectivity index is 1.17. The van der Waals surface area contributed by atoms with Gasteiger partial charge in [-0.3, -0.25) is 4.98 Å². The molecule has 0 bridgehead atoms. The fraction of sp³-hybridized carbons (Fsp3) is 0.250. The van der Waals surface area contributed by atoms with Crippen LogP contribution in [0.4, 0.5) is 4.79 Å². The van der Waals surface area contributed by atoms with Crippen molar-refractivity contribution in [3.8, 4) is 34.1 Å². The molecule has 2 aliphatic heterocycles. The summed E-state index contributed by atoms with van der Waals surface area (Å²) in [5, 5.41) is 4.07. The van der Waals surface area contributed by atoms with Crippen LogP contribution in [-0.4, -0.2) is 45.8 Å². The third-order valence-electron chi connectivity index (χ3n) is 6.90. The molecule has 194 valence electrons. The molecule has 4 heterocycles. The molecule has 8 nitrogen and oxygen atoms in total. The smallest absolute Gasteiger partial charge is 0.317 e. The first-order valence-corrected chi connectivity index (χ1v) is 13.2. The first-order valence-electron chi connectivity index (χ1n) is 12.4. The molecule has 10 heteroatoms. The number of carbonyl (C=O) groups excluding carboxylic acids is 1. The Morgan fingerprint density at radius 1 is 1.05 bits per heavy atom. The van der Waals surface area contributed by atoms with Gasteiger partial charge in [0.2, 0.25) is 6.79 Å². The zero-order chi connectivity index (χ0) is 26.1. The van der Waals surface area contributed by atoms with Crippen molar-refractivity contribution in [1.82, 2.24) is 25.2 Å². The van der Waals surface area contributed by atoms with Gasteiger partial charge in [0.15, 0.2) is 11.5 Å². The van der Waals surface area contributed by atoms with Gasteiger partial charge in [-0.05, 0) is 60.9 Å². The summed E-state index contributed by atoms with van der Waals surface area (Å²) in [5.74, 6) is 2.52. The average molecular weight is 550 g/mol. The molecule has 1 saturated heterocycles. The summed E-state index contributed by atoms with van der Waals surface area (Å²) in [6.07, 6.45) is 3.36. The summed E-state index contributed by atoms with van der Waals surface area (Å²) in [4.78, 5) is 27.8. The van der Waals surface area contributed by atoms with Gasteiger partial charge in [-0.15, -0.1) is 0 Å². The molecule has 2 aromatic carbocycles. The van der Waals surface area contributed by atoms with Crippen molar-refractivity contribution in [3.63, 3.8) is 0 Å². The van der Waals surface area contributed by atoms with Gasteiger partial charge in [0, 0.05) is 47.4 Å². The number of fused-ring (bicyclic) bond motifs is 1. The Morgan fingerprint density at radius 2 is 1.89 bits per heavy atom. The highest BCUT2D eigenvalue weighted by atomic mass is 35.5. The Bertz CT molecular complexity index is 1470. The maximum Gasteiger partial charge on any atom is 0.317 e. The molecule has 0 atom stereocenters. The highest BCUT2D eigenvalue weighted by Gasteiger charge is 2.28. The molecule has 0 spiro atoms. The quantitative estimate of drug-likeness (QED) is 0.306. The van der Waals surface area contributed by atoms with Crippen LogP contribution in [0.15, 0.2) is 60.8 Å². The van der Waals surface area contributed by atoms with E-state index in [0.29, 0.717) is 35.4 Å². The number of benzene rings is 2. The summed E-state index contributed by atoms with van der Waals surface area (Å²) in [7, 11) is 0. The van der Waals surface area contributed by atoms with Crippen molar-refractivity contribution in [3.05, 3.63) is 82.2 Å². The Kier molecular flexibility index (Phi) is 6.82. The molecule has 38 heavy (non-hydrogen) atoms. The Hall–Kier alpha value is -3.75. The maximum absolute atomic E-state index is 12.8. The summed E-state index contributed by atoms with van der Waals surface area (Å²) in [5.41, 5.74) is 4.25. The topological polar surface area (TPSA) is 92.4 Å². The Labute approximate surface area is 229 Å². The minimum atomic E-state index is -0.107. The van der Waals surface area contributed by atoms with E-state index in [1.165, 1.54) is 0 Å². The molecule has 0 saturated carbocycles. The van der Waals surface area contributed by atoms with E-state index in [-0.39, 0.29) is 18.7 Å². The third-order valence-corrected chi connectivity index (χ3v) is 7.49. The van der Waals surface area contributed by atoms with E-state index in [0.717, 1.165) is 52.6 Å². The van der Waals surface area contributed by atoms with E-state index >= 15 is 0 Å². The predicted octanol–water partition coefficient (Wildman–Crippen LogP) is 6.26. The number of halogens is 2. The van der Waals surface area contributed by atoms with Gasteiger partial charge < -0.3 is 24.7 Å². The molecule has 2 amide bonds. The summed E-state index contributed by atoms with van der Waals surface area (Å²) < 4.78 is 11.1. The number of carbonyl (C=O) groups is 1. The molecule has 0 aliphatic carbocycles. The number of hydrogen-bond donors (Lipinski definition) is 2. The highest BCUT2D eigenvalue weighted by molar-refractivity contribution is 6.35. The van der Waals surface area contributed by atoms with Gasteiger partial charge in [0.05, 0.1) is 17.1 Å². The number of rotatable bonds is 5. The third kappa shape index (κ3) is 5.01. The SMILES string of the molecule is O=C(NCc1ccc(Cl)cc1Cl)N1CCC(c2nc(-c3ccc4c(c3)OCO4)c(-c3ccccn3)[nH]2)CC1. The number of pyridine rings is 1. The minimum Gasteiger partial charge on any atom is -0.454 e. The molecule has 0 unspecified atom stereocenters. The van der Waals surface area contributed by atoms with E-state index in [2.05, 4.69) is 15.3 Å². The van der Waals surface area contributed by atoms with Gasteiger partial charge in [0.1, 0.15) is 5.82 Å². The van der Waals surface area contributed by atoms with Crippen molar-refractivity contribution in [2.24, 2.45) is 0 Å². The lowest BCUT2D eigenvalue weighted by molar-refractivity contribution is 0.174.